The molecule has 2 fully saturated rings. The lowest BCUT2D eigenvalue weighted by Gasteiger charge is -2.32. The fourth-order valence-corrected chi connectivity index (χ4v) is 4.97. The third-order valence-corrected chi connectivity index (χ3v) is 7.46. The summed E-state index contributed by atoms with van der Waals surface area (Å²) in [6.45, 7) is 2.99. The van der Waals surface area contributed by atoms with Gasteiger partial charge in [0.1, 0.15) is 35.8 Å². The van der Waals surface area contributed by atoms with Crippen molar-refractivity contribution < 1.29 is 23.9 Å². The number of ether oxygens (including phenoxy) is 2. The van der Waals surface area contributed by atoms with Crippen LogP contribution in [-0.2, 0) is 27.2 Å². The van der Waals surface area contributed by atoms with E-state index in [4.69, 9.17) is 9.47 Å². The molecule has 0 aromatic carbocycles. The Morgan fingerprint density at radius 1 is 1.33 bits per heavy atom. The topological polar surface area (TPSA) is 150 Å². The maximum absolute atomic E-state index is 13.3. The van der Waals surface area contributed by atoms with Gasteiger partial charge in [0.15, 0.2) is 6.29 Å². The Bertz CT molecular complexity index is 1310. The third kappa shape index (κ3) is 5.90. The molecule has 12 heteroatoms. The van der Waals surface area contributed by atoms with Gasteiger partial charge in [-0.25, -0.2) is 14.8 Å². The molecule has 2 aromatic rings. The molecule has 2 aromatic heterocycles. The molecule has 39 heavy (non-hydrogen) atoms. The first-order chi connectivity index (χ1) is 19.0. The number of fused-ring (bicyclic) bond motifs is 1. The van der Waals surface area contributed by atoms with Gasteiger partial charge in [0.2, 0.25) is 0 Å². The number of amides is 2. The van der Waals surface area contributed by atoms with Gasteiger partial charge in [-0.1, -0.05) is 0 Å². The van der Waals surface area contributed by atoms with Crippen LogP contribution in [0, 0.1) is 11.3 Å². The van der Waals surface area contributed by atoms with Gasteiger partial charge < -0.3 is 19.6 Å². The number of urea groups is 1. The summed E-state index contributed by atoms with van der Waals surface area (Å²) in [6, 6.07) is 5.27. The Balaban J connectivity index is 1.32. The molecule has 0 radical (unpaired) electrons. The molecule has 5 rings (SSSR count). The number of anilines is 3. The van der Waals surface area contributed by atoms with Crippen LogP contribution in [0.1, 0.15) is 46.4 Å². The van der Waals surface area contributed by atoms with Gasteiger partial charge in [0.05, 0.1) is 23.5 Å². The lowest BCUT2D eigenvalue weighted by atomic mass is 10.0. The van der Waals surface area contributed by atoms with Gasteiger partial charge in [-0.05, 0) is 42.9 Å². The first kappa shape index (κ1) is 26.7. The van der Waals surface area contributed by atoms with Crippen LogP contribution in [0.5, 0.6) is 0 Å². The predicted octanol–water partition coefficient (Wildman–Crippen LogP) is 2.14. The smallest absolute Gasteiger partial charge is 0.328 e. The van der Waals surface area contributed by atoms with Crippen LogP contribution >= 0.6 is 0 Å². The molecular weight excluding hydrogens is 502 g/mol. The lowest BCUT2D eigenvalue weighted by Crippen LogP contribution is -2.43. The summed E-state index contributed by atoms with van der Waals surface area (Å²) in [4.78, 5) is 48.8. The quantitative estimate of drug-likeness (QED) is 0.459. The van der Waals surface area contributed by atoms with E-state index in [1.807, 2.05) is 6.07 Å². The Hall–Kier alpha value is -3.92. The van der Waals surface area contributed by atoms with Gasteiger partial charge in [-0.15, -0.1) is 0 Å². The lowest BCUT2D eigenvalue weighted by molar-refractivity contribution is -0.123. The van der Waals surface area contributed by atoms with Gasteiger partial charge in [0, 0.05) is 52.1 Å². The van der Waals surface area contributed by atoms with Crippen LogP contribution < -0.4 is 15.5 Å². The number of nitriles is 1. The summed E-state index contributed by atoms with van der Waals surface area (Å²) in [5.41, 5.74) is 2.62. The number of nitrogens with zero attached hydrogens (tertiary/aromatic N) is 5. The number of hydrogen-bond acceptors (Lipinski definition) is 10. The highest BCUT2D eigenvalue weighted by Crippen LogP contribution is 2.39. The Labute approximate surface area is 226 Å². The second kappa shape index (κ2) is 11.4. The number of aryl methyl sites for hydroxylation is 1. The molecule has 4 heterocycles. The Morgan fingerprint density at radius 3 is 2.90 bits per heavy atom. The second-order valence-electron chi connectivity index (χ2n) is 10.1. The standard InChI is InChI=1S/C27H31N7O5/c1-38-27(4-5-27)17-30-22-10-24(29-12-20(22)11-28)32-26(37)34-6-2-3-18-9-19(23(16-36)31-25(18)34)13-33-7-8-39-21(14-33)15-35/h9-10,12,15-16,21H,2-8,13-14,17H2,1H3,(H2,29,30,32,37). The fourth-order valence-electron chi connectivity index (χ4n) is 4.97. The number of nitrogens with one attached hydrogen (secondary N) is 2. The van der Waals surface area contributed by atoms with Gasteiger partial charge in [0.25, 0.3) is 0 Å². The molecule has 2 aliphatic heterocycles. The summed E-state index contributed by atoms with van der Waals surface area (Å²) < 4.78 is 11.0. The van der Waals surface area contributed by atoms with E-state index in [2.05, 4.69) is 31.6 Å². The number of rotatable bonds is 9. The zero-order chi connectivity index (χ0) is 27.4. The van der Waals surface area contributed by atoms with Crippen LogP contribution in [0.2, 0.25) is 0 Å². The Kier molecular flexibility index (Phi) is 7.83. The van der Waals surface area contributed by atoms with Crippen LogP contribution in [0.3, 0.4) is 0 Å². The number of morpholine rings is 1. The van der Waals surface area contributed by atoms with Crippen molar-refractivity contribution in [3.05, 3.63) is 40.7 Å². The molecule has 1 saturated heterocycles. The fraction of sp³-hybridized carbons (Fsp3) is 0.481. The molecule has 1 unspecified atom stereocenters. The van der Waals surface area contributed by atoms with Crippen LogP contribution in [0.4, 0.5) is 22.1 Å². The summed E-state index contributed by atoms with van der Waals surface area (Å²) >= 11 is 0. The average molecular weight is 534 g/mol. The number of carbonyl (C=O) groups excluding carboxylic acids is 3. The number of carbonyl (C=O) groups is 3. The summed E-state index contributed by atoms with van der Waals surface area (Å²) in [5, 5.41) is 15.6. The molecule has 1 atom stereocenters. The number of aromatic nitrogens is 2. The molecule has 0 bridgehead atoms. The highest BCUT2D eigenvalue weighted by Gasteiger charge is 2.42. The van der Waals surface area contributed by atoms with E-state index in [0.717, 1.165) is 43.1 Å². The van der Waals surface area contributed by atoms with E-state index in [-0.39, 0.29) is 11.3 Å². The van der Waals surface area contributed by atoms with E-state index in [1.54, 1.807) is 13.2 Å². The van der Waals surface area contributed by atoms with E-state index in [1.165, 1.54) is 11.1 Å². The molecule has 2 amide bonds. The molecule has 1 saturated carbocycles. The highest BCUT2D eigenvalue weighted by atomic mass is 16.5. The zero-order valence-corrected chi connectivity index (χ0v) is 21.8. The van der Waals surface area contributed by atoms with Crippen molar-refractivity contribution in [2.24, 2.45) is 0 Å². The zero-order valence-electron chi connectivity index (χ0n) is 21.8. The van der Waals surface area contributed by atoms with Crippen molar-refractivity contribution in [1.82, 2.24) is 14.9 Å². The van der Waals surface area contributed by atoms with Crippen molar-refractivity contribution in [2.75, 3.05) is 55.4 Å². The summed E-state index contributed by atoms with van der Waals surface area (Å²) in [6.07, 6.45) is 5.79. The maximum atomic E-state index is 13.3. The largest absolute Gasteiger partial charge is 0.381 e. The summed E-state index contributed by atoms with van der Waals surface area (Å²) in [7, 11) is 1.67. The van der Waals surface area contributed by atoms with Crippen LogP contribution in [0.25, 0.3) is 0 Å². The first-order valence-electron chi connectivity index (χ1n) is 13.0. The number of aldehydes is 2. The Morgan fingerprint density at radius 2 is 2.18 bits per heavy atom. The minimum atomic E-state index is -0.482. The van der Waals surface area contributed by atoms with E-state index in [0.29, 0.717) is 68.5 Å². The molecule has 204 valence electrons. The average Bonchev–Trinajstić information content (AvgIpc) is 3.76. The second-order valence-corrected chi connectivity index (χ2v) is 10.1. The SMILES string of the molecule is COC1(CNc2cc(NC(=O)N3CCCc4cc(CN5CCOC(C=O)C5)c(C=O)nc43)ncc2C#N)CC1. The minimum absolute atomic E-state index is 0.213. The maximum Gasteiger partial charge on any atom is 0.328 e. The van der Waals surface area contributed by atoms with Crippen molar-refractivity contribution in [3.63, 3.8) is 0 Å². The molecular formula is C27H31N7O5. The molecule has 2 N–H and O–H groups in total. The van der Waals surface area contributed by atoms with Crippen molar-refractivity contribution in [2.45, 2.75) is 43.9 Å². The monoisotopic (exact) mass is 533 g/mol. The van der Waals surface area contributed by atoms with E-state index in [9.17, 15) is 19.6 Å². The third-order valence-electron chi connectivity index (χ3n) is 7.46. The van der Waals surface area contributed by atoms with Crippen molar-refractivity contribution in [3.8, 4) is 6.07 Å². The molecule has 3 aliphatic rings. The van der Waals surface area contributed by atoms with E-state index < -0.39 is 12.1 Å². The van der Waals surface area contributed by atoms with E-state index >= 15 is 0 Å². The normalized spacial score (nSPS) is 19.9. The molecule has 12 nitrogen and oxygen atoms in total. The van der Waals surface area contributed by atoms with Crippen LogP contribution in [-0.4, -0.2) is 85.1 Å². The number of methoxy groups -OCH3 is 1. The van der Waals surface area contributed by atoms with Crippen LogP contribution in [0.15, 0.2) is 18.3 Å². The minimum Gasteiger partial charge on any atom is -0.381 e. The van der Waals surface area contributed by atoms with Gasteiger partial charge >= 0.3 is 6.03 Å². The predicted molar refractivity (Wildman–Crippen MR) is 142 cm³/mol. The van der Waals surface area contributed by atoms with Gasteiger partial charge in [-0.2, -0.15) is 5.26 Å². The van der Waals surface area contributed by atoms with Gasteiger partial charge in [-0.3, -0.25) is 19.9 Å². The summed E-state index contributed by atoms with van der Waals surface area (Å²) in [5.74, 6) is 0.736. The van der Waals surface area contributed by atoms with Crippen molar-refractivity contribution in [1.29, 1.82) is 5.26 Å². The highest BCUT2D eigenvalue weighted by molar-refractivity contribution is 6.01. The van der Waals surface area contributed by atoms with Crippen molar-refractivity contribution >= 4 is 35.9 Å². The number of pyridine rings is 2. The molecule has 1 aliphatic carbocycles. The molecule has 0 spiro atoms. The first-order valence-corrected chi connectivity index (χ1v) is 13.0. The number of hydrogen-bond donors (Lipinski definition) is 2.